The lowest BCUT2D eigenvalue weighted by Gasteiger charge is -2.12. The zero-order valence-electron chi connectivity index (χ0n) is 11.8. The van der Waals surface area contributed by atoms with Gasteiger partial charge in [0.1, 0.15) is 5.82 Å². The van der Waals surface area contributed by atoms with Gasteiger partial charge in [-0.15, -0.1) is 0 Å². The summed E-state index contributed by atoms with van der Waals surface area (Å²) in [4.78, 5) is 11.6. The Morgan fingerprint density at radius 1 is 1.43 bits per heavy atom. The van der Waals surface area contributed by atoms with E-state index in [0.717, 1.165) is 37.5 Å². The Morgan fingerprint density at radius 3 is 2.67 bits per heavy atom. The minimum atomic E-state index is -3.97. The average Bonchev–Trinajstić information content (AvgIpc) is 2.80. The lowest BCUT2D eigenvalue weighted by molar-refractivity contribution is 0.0943. The second kappa shape index (κ2) is 6.11. The molecule has 1 aliphatic rings. The van der Waals surface area contributed by atoms with Crippen molar-refractivity contribution in [3.63, 3.8) is 0 Å². The maximum absolute atomic E-state index is 13.8. The van der Waals surface area contributed by atoms with Crippen molar-refractivity contribution in [1.29, 1.82) is 0 Å². The van der Waals surface area contributed by atoms with Crippen molar-refractivity contribution in [3.05, 3.63) is 29.6 Å². The van der Waals surface area contributed by atoms with Crippen molar-refractivity contribution < 1.29 is 17.6 Å². The second-order valence-corrected chi connectivity index (χ2v) is 7.24. The third-order valence-electron chi connectivity index (χ3n) is 3.87. The molecule has 0 aliphatic heterocycles. The molecule has 5 nitrogen and oxygen atoms in total. The molecule has 1 aromatic carbocycles. The minimum Gasteiger partial charge on any atom is -0.352 e. The second-order valence-electron chi connectivity index (χ2n) is 5.68. The van der Waals surface area contributed by atoms with E-state index in [-0.39, 0.29) is 10.5 Å². The molecule has 0 heterocycles. The van der Waals surface area contributed by atoms with Gasteiger partial charge in [0, 0.05) is 6.54 Å². The molecule has 0 radical (unpaired) electrons. The largest absolute Gasteiger partial charge is 0.352 e. The van der Waals surface area contributed by atoms with Crippen LogP contribution in [0.25, 0.3) is 0 Å². The van der Waals surface area contributed by atoms with Crippen LogP contribution in [0.5, 0.6) is 0 Å². The molecule has 1 amide bonds. The van der Waals surface area contributed by atoms with Gasteiger partial charge < -0.3 is 5.32 Å². The molecule has 1 aliphatic carbocycles. The van der Waals surface area contributed by atoms with E-state index in [2.05, 4.69) is 12.2 Å². The van der Waals surface area contributed by atoms with Gasteiger partial charge in [0.05, 0.1) is 10.5 Å². The molecular formula is C14H19FN2O3S. The van der Waals surface area contributed by atoms with Crippen LogP contribution in [0, 0.1) is 17.7 Å². The summed E-state index contributed by atoms with van der Waals surface area (Å²) in [5.41, 5.74) is -0.173. The number of rotatable bonds is 4. The molecule has 0 saturated heterocycles. The highest BCUT2D eigenvalue weighted by Crippen LogP contribution is 2.29. The first-order chi connectivity index (χ1) is 9.77. The molecular weight excluding hydrogens is 295 g/mol. The summed E-state index contributed by atoms with van der Waals surface area (Å²) in [6.07, 6.45) is 3.28. The number of halogens is 1. The predicted octanol–water partition coefficient (Wildman–Crippen LogP) is 1.64. The summed E-state index contributed by atoms with van der Waals surface area (Å²) < 4.78 is 36.0. The first kappa shape index (κ1) is 15.9. The Morgan fingerprint density at radius 2 is 2.14 bits per heavy atom. The van der Waals surface area contributed by atoms with E-state index in [1.807, 2.05) is 0 Å². The summed E-state index contributed by atoms with van der Waals surface area (Å²) in [5.74, 6) is -0.333. The van der Waals surface area contributed by atoms with Crippen molar-refractivity contribution >= 4 is 15.9 Å². The van der Waals surface area contributed by atoms with Crippen molar-refractivity contribution in [2.75, 3.05) is 6.54 Å². The van der Waals surface area contributed by atoms with Crippen LogP contribution in [0.1, 0.15) is 36.5 Å². The highest BCUT2D eigenvalue weighted by molar-refractivity contribution is 7.89. The van der Waals surface area contributed by atoms with E-state index < -0.39 is 21.7 Å². The topological polar surface area (TPSA) is 89.3 Å². The van der Waals surface area contributed by atoms with Crippen LogP contribution < -0.4 is 10.5 Å². The Kier molecular flexibility index (Phi) is 4.63. The first-order valence-corrected chi connectivity index (χ1v) is 8.42. The van der Waals surface area contributed by atoms with Crippen molar-refractivity contribution in [2.24, 2.45) is 17.0 Å². The summed E-state index contributed by atoms with van der Waals surface area (Å²) in [6.45, 7) is 2.69. The molecule has 0 bridgehead atoms. The highest BCUT2D eigenvalue weighted by atomic mass is 32.2. The van der Waals surface area contributed by atoms with Gasteiger partial charge in [-0.2, -0.15) is 0 Å². The summed E-state index contributed by atoms with van der Waals surface area (Å²) >= 11 is 0. The van der Waals surface area contributed by atoms with Crippen LogP contribution in [-0.4, -0.2) is 20.9 Å². The number of amides is 1. The van der Waals surface area contributed by atoms with Crippen molar-refractivity contribution in [1.82, 2.24) is 5.32 Å². The van der Waals surface area contributed by atoms with Crippen LogP contribution in [0.3, 0.4) is 0 Å². The molecule has 2 rings (SSSR count). The fourth-order valence-corrected chi connectivity index (χ4v) is 3.23. The first-order valence-electron chi connectivity index (χ1n) is 6.88. The van der Waals surface area contributed by atoms with Crippen LogP contribution >= 0.6 is 0 Å². The zero-order valence-corrected chi connectivity index (χ0v) is 12.6. The molecule has 21 heavy (non-hydrogen) atoms. The molecule has 1 saturated carbocycles. The minimum absolute atomic E-state index is 0.173. The van der Waals surface area contributed by atoms with Gasteiger partial charge in [-0.25, -0.2) is 17.9 Å². The number of nitrogens with two attached hydrogens (primary N) is 1. The molecule has 1 aromatic rings. The fraction of sp³-hybridized carbons (Fsp3) is 0.500. The molecule has 0 spiro atoms. The Labute approximate surface area is 123 Å². The molecule has 7 heteroatoms. The maximum Gasteiger partial charge on any atom is 0.254 e. The molecule has 2 unspecified atom stereocenters. The van der Waals surface area contributed by atoms with E-state index in [9.17, 15) is 17.6 Å². The number of nitrogens with one attached hydrogen (secondary N) is 1. The van der Waals surface area contributed by atoms with Gasteiger partial charge in [-0.1, -0.05) is 13.3 Å². The van der Waals surface area contributed by atoms with Crippen molar-refractivity contribution in [2.45, 2.75) is 31.1 Å². The maximum atomic E-state index is 13.8. The SMILES string of the molecule is CC1CCC(CNC(=O)c2ccc(S(N)(=O)=O)cc2F)C1. The Hall–Kier alpha value is -1.47. The van der Waals surface area contributed by atoms with Gasteiger partial charge >= 0.3 is 0 Å². The number of benzene rings is 1. The number of carbonyl (C=O) groups is 1. The van der Waals surface area contributed by atoms with Crippen LogP contribution in [0.4, 0.5) is 4.39 Å². The molecule has 2 atom stereocenters. The monoisotopic (exact) mass is 314 g/mol. The van der Waals surface area contributed by atoms with Gasteiger partial charge in [-0.3, -0.25) is 4.79 Å². The third kappa shape index (κ3) is 4.01. The standard InChI is InChI=1S/C14H19FN2O3S/c1-9-2-3-10(6-9)8-17-14(18)12-5-4-11(7-13(12)15)21(16,19)20/h4-5,7,9-10H,2-3,6,8H2,1H3,(H,17,18)(H2,16,19,20). The normalized spacial score (nSPS) is 22.2. The summed E-state index contributed by atoms with van der Waals surface area (Å²) in [6, 6.07) is 3.04. The molecule has 116 valence electrons. The van der Waals surface area contributed by atoms with E-state index in [0.29, 0.717) is 18.4 Å². The summed E-state index contributed by atoms with van der Waals surface area (Å²) in [7, 11) is -3.97. The molecule has 0 aromatic heterocycles. The van der Waals surface area contributed by atoms with E-state index >= 15 is 0 Å². The van der Waals surface area contributed by atoms with E-state index in [4.69, 9.17) is 5.14 Å². The summed E-state index contributed by atoms with van der Waals surface area (Å²) in [5, 5.41) is 7.61. The van der Waals surface area contributed by atoms with E-state index in [1.54, 1.807) is 0 Å². The number of primary sulfonamides is 1. The number of hydrogen-bond acceptors (Lipinski definition) is 3. The fourth-order valence-electron chi connectivity index (χ4n) is 2.70. The number of sulfonamides is 1. The number of hydrogen-bond donors (Lipinski definition) is 2. The van der Waals surface area contributed by atoms with Crippen LogP contribution in [-0.2, 0) is 10.0 Å². The van der Waals surface area contributed by atoms with Crippen molar-refractivity contribution in [3.8, 4) is 0 Å². The molecule has 3 N–H and O–H groups in total. The smallest absolute Gasteiger partial charge is 0.254 e. The van der Waals surface area contributed by atoms with E-state index in [1.165, 1.54) is 0 Å². The Bertz CT molecular complexity index is 646. The number of carbonyl (C=O) groups excluding carboxylic acids is 1. The average molecular weight is 314 g/mol. The lowest BCUT2D eigenvalue weighted by Crippen LogP contribution is -2.29. The van der Waals surface area contributed by atoms with Crippen LogP contribution in [0.15, 0.2) is 23.1 Å². The third-order valence-corrected chi connectivity index (χ3v) is 4.78. The van der Waals surface area contributed by atoms with Crippen LogP contribution in [0.2, 0.25) is 0 Å². The predicted molar refractivity (Wildman–Crippen MR) is 76.6 cm³/mol. The van der Waals surface area contributed by atoms with Gasteiger partial charge in [-0.05, 0) is 42.9 Å². The molecule has 1 fully saturated rings. The zero-order chi connectivity index (χ0) is 15.6. The van der Waals surface area contributed by atoms with Gasteiger partial charge in [0.2, 0.25) is 10.0 Å². The lowest BCUT2D eigenvalue weighted by atomic mass is 10.1. The van der Waals surface area contributed by atoms with Gasteiger partial charge in [0.25, 0.3) is 5.91 Å². The quantitative estimate of drug-likeness (QED) is 0.885. The Balaban J connectivity index is 2.03. The van der Waals surface area contributed by atoms with Gasteiger partial charge in [0.15, 0.2) is 0 Å². The highest BCUT2D eigenvalue weighted by Gasteiger charge is 2.22.